The number of rotatable bonds is 2. The van der Waals surface area contributed by atoms with Gasteiger partial charge < -0.3 is 4.42 Å². The highest BCUT2D eigenvalue weighted by Gasteiger charge is 2.20. The molecule has 45 heavy (non-hydrogen) atoms. The molecule has 0 N–H and O–H groups in total. The summed E-state index contributed by atoms with van der Waals surface area (Å²) in [6.45, 7) is 0. The Morgan fingerprint density at radius 1 is 0.311 bits per heavy atom. The van der Waals surface area contributed by atoms with Crippen molar-refractivity contribution in [2.75, 3.05) is 0 Å². The van der Waals surface area contributed by atoms with E-state index in [1.165, 1.54) is 76.1 Å². The quantitative estimate of drug-likeness (QED) is 0.149. The number of benzene rings is 9. The van der Waals surface area contributed by atoms with E-state index in [4.69, 9.17) is 4.42 Å². The van der Waals surface area contributed by atoms with Crippen molar-refractivity contribution in [2.45, 2.75) is 0 Å². The van der Waals surface area contributed by atoms with Gasteiger partial charge in [0.1, 0.15) is 11.2 Å². The Morgan fingerprint density at radius 3 is 1.42 bits per heavy atom. The minimum absolute atomic E-state index is 0.914. The molecule has 0 spiro atoms. The second-order valence-electron chi connectivity index (χ2n) is 12.0. The van der Waals surface area contributed by atoms with Crippen LogP contribution in [0, 0.1) is 0 Å². The summed E-state index contributed by atoms with van der Waals surface area (Å²) in [5.74, 6) is 0. The molecule has 1 aromatic heterocycles. The molecule has 10 rings (SSSR count). The zero-order valence-corrected chi connectivity index (χ0v) is 24.4. The van der Waals surface area contributed by atoms with Crippen molar-refractivity contribution in [2.24, 2.45) is 0 Å². The SMILES string of the molecule is c1ccc2cc(-c3c4ccccc4c(-c4ccc5oc6c7ccccc7c7ccccc7c6c5c4)c4ccccc34)ccc2c1. The van der Waals surface area contributed by atoms with Crippen molar-refractivity contribution in [1.82, 2.24) is 0 Å². The summed E-state index contributed by atoms with van der Waals surface area (Å²) in [7, 11) is 0. The van der Waals surface area contributed by atoms with Crippen LogP contribution in [-0.4, -0.2) is 0 Å². The maximum absolute atomic E-state index is 6.65. The Bertz CT molecular complexity index is 2760. The van der Waals surface area contributed by atoms with Crippen molar-refractivity contribution in [3.63, 3.8) is 0 Å². The van der Waals surface area contributed by atoms with Crippen molar-refractivity contribution in [1.29, 1.82) is 0 Å². The molecule has 0 radical (unpaired) electrons. The van der Waals surface area contributed by atoms with Gasteiger partial charge >= 0.3 is 0 Å². The van der Waals surface area contributed by atoms with Gasteiger partial charge in [-0.1, -0.05) is 140 Å². The summed E-state index contributed by atoms with van der Waals surface area (Å²) in [5, 5.41) is 14.7. The fourth-order valence-corrected chi connectivity index (χ4v) is 7.66. The van der Waals surface area contributed by atoms with Crippen molar-refractivity contribution < 1.29 is 4.42 Å². The van der Waals surface area contributed by atoms with Crippen LogP contribution in [0.3, 0.4) is 0 Å². The highest BCUT2D eigenvalue weighted by molar-refractivity contribution is 6.31. The number of furan rings is 1. The van der Waals surface area contributed by atoms with E-state index in [0.717, 1.165) is 21.9 Å². The minimum Gasteiger partial charge on any atom is -0.455 e. The van der Waals surface area contributed by atoms with Gasteiger partial charge in [-0.15, -0.1) is 0 Å². The van der Waals surface area contributed by atoms with Crippen LogP contribution in [0.2, 0.25) is 0 Å². The largest absolute Gasteiger partial charge is 0.455 e. The molecule has 1 nitrogen and oxygen atoms in total. The first-order chi connectivity index (χ1) is 22.3. The summed E-state index contributed by atoms with van der Waals surface area (Å²) in [4.78, 5) is 0. The fraction of sp³-hybridized carbons (Fsp3) is 0. The van der Waals surface area contributed by atoms with Gasteiger partial charge in [0.25, 0.3) is 0 Å². The van der Waals surface area contributed by atoms with Crippen LogP contribution >= 0.6 is 0 Å². The molecule has 0 fully saturated rings. The Kier molecular flexibility index (Phi) is 5.06. The molecule has 9 aromatic carbocycles. The van der Waals surface area contributed by atoms with Crippen LogP contribution in [0.25, 0.3) is 98.1 Å². The maximum Gasteiger partial charge on any atom is 0.143 e. The molecule has 10 aromatic rings. The molecule has 0 atom stereocenters. The van der Waals surface area contributed by atoms with Gasteiger partial charge in [0.15, 0.2) is 0 Å². The maximum atomic E-state index is 6.65. The smallest absolute Gasteiger partial charge is 0.143 e. The van der Waals surface area contributed by atoms with Crippen LogP contribution < -0.4 is 0 Å². The van der Waals surface area contributed by atoms with Crippen molar-refractivity contribution in [3.05, 3.63) is 158 Å². The van der Waals surface area contributed by atoms with Gasteiger partial charge in [-0.25, -0.2) is 0 Å². The molecule has 1 heterocycles. The fourth-order valence-electron chi connectivity index (χ4n) is 7.66. The normalized spacial score (nSPS) is 12.0. The Morgan fingerprint density at radius 2 is 0.778 bits per heavy atom. The molecule has 208 valence electrons. The highest BCUT2D eigenvalue weighted by atomic mass is 16.3. The summed E-state index contributed by atoms with van der Waals surface area (Å²) in [6.07, 6.45) is 0. The van der Waals surface area contributed by atoms with Gasteiger partial charge in [0.2, 0.25) is 0 Å². The van der Waals surface area contributed by atoms with Crippen LogP contribution in [0.5, 0.6) is 0 Å². The molecule has 0 saturated carbocycles. The van der Waals surface area contributed by atoms with E-state index in [1.54, 1.807) is 0 Å². The number of hydrogen-bond donors (Lipinski definition) is 0. The first kappa shape index (κ1) is 24.5. The van der Waals surface area contributed by atoms with Gasteiger partial charge in [-0.2, -0.15) is 0 Å². The van der Waals surface area contributed by atoms with Gasteiger partial charge in [0.05, 0.1) is 0 Å². The molecule has 0 aliphatic carbocycles. The molecule has 0 saturated heterocycles. The number of hydrogen-bond acceptors (Lipinski definition) is 1. The van der Waals surface area contributed by atoms with Crippen LogP contribution in [0.4, 0.5) is 0 Å². The summed E-state index contributed by atoms with van der Waals surface area (Å²) in [5.41, 5.74) is 6.84. The van der Waals surface area contributed by atoms with E-state index in [1.807, 2.05) is 0 Å². The average molecular weight is 571 g/mol. The highest BCUT2D eigenvalue weighted by Crippen LogP contribution is 2.46. The zero-order valence-electron chi connectivity index (χ0n) is 24.4. The second-order valence-corrected chi connectivity index (χ2v) is 12.0. The molecule has 1 heteroatoms. The van der Waals surface area contributed by atoms with Crippen LogP contribution in [-0.2, 0) is 0 Å². The molecule has 0 bridgehead atoms. The van der Waals surface area contributed by atoms with Crippen LogP contribution in [0.15, 0.2) is 162 Å². The minimum atomic E-state index is 0.914. The summed E-state index contributed by atoms with van der Waals surface area (Å²) in [6, 6.07) is 57.3. The van der Waals surface area contributed by atoms with E-state index < -0.39 is 0 Å². The van der Waals surface area contributed by atoms with E-state index in [-0.39, 0.29) is 0 Å². The van der Waals surface area contributed by atoms with Crippen LogP contribution in [0.1, 0.15) is 0 Å². The van der Waals surface area contributed by atoms with Gasteiger partial charge in [-0.05, 0) is 88.9 Å². The lowest BCUT2D eigenvalue weighted by Gasteiger charge is -2.18. The lowest BCUT2D eigenvalue weighted by Crippen LogP contribution is -1.91. The van der Waals surface area contributed by atoms with E-state index in [9.17, 15) is 0 Å². The molecular formula is C44H26O. The van der Waals surface area contributed by atoms with Gasteiger partial charge in [-0.3, -0.25) is 0 Å². The molecule has 0 unspecified atom stereocenters. The summed E-state index contributed by atoms with van der Waals surface area (Å²) >= 11 is 0. The third kappa shape index (κ3) is 3.50. The van der Waals surface area contributed by atoms with Crippen molar-refractivity contribution in [3.8, 4) is 22.3 Å². The monoisotopic (exact) mass is 570 g/mol. The van der Waals surface area contributed by atoms with Crippen molar-refractivity contribution >= 4 is 75.8 Å². The lowest BCUT2D eigenvalue weighted by atomic mass is 9.85. The number of fused-ring (bicyclic) bond motifs is 11. The second kappa shape index (κ2) is 9.29. The zero-order chi connectivity index (χ0) is 29.5. The molecular weight excluding hydrogens is 544 g/mol. The Hall–Kier alpha value is -5.92. The molecule has 0 amide bonds. The predicted molar refractivity (Wildman–Crippen MR) is 192 cm³/mol. The first-order valence-corrected chi connectivity index (χ1v) is 15.5. The van der Waals surface area contributed by atoms with Gasteiger partial charge in [0, 0.05) is 16.2 Å². The Labute approximate surface area is 259 Å². The van der Waals surface area contributed by atoms with E-state index in [0.29, 0.717) is 0 Å². The summed E-state index contributed by atoms with van der Waals surface area (Å²) < 4.78 is 6.65. The van der Waals surface area contributed by atoms with E-state index >= 15 is 0 Å². The topological polar surface area (TPSA) is 13.1 Å². The first-order valence-electron chi connectivity index (χ1n) is 15.5. The standard InChI is InChI=1S/C44H26O/c1-2-12-28-25-29(22-21-27(28)11-1)41-34-16-6-8-18-36(34)42(37-19-9-7-17-35(37)41)30-23-24-40-39(26-30)43-33-15-5-3-13-31(33)32-14-4-10-20-38(32)44(43)45-40/h1-26H. The molecule has 0 aliphatic rings. The Balaban J connectivity index is 1.32. The molecule has 0 aliphatic heterocycles. The third-order valence-corrected chi connectivity index (χ3v) is 9.60. The lowest BCUT2D eigenvalue weighted by molar-refractivity contribution is 0.673. The average Bonchev–Trinajstić information content (AvgIpc) is 3.50. The third-order valence-electron chi connectivity index (χ3n) is 9.60. The predicted octanol–water partition coefficient (Wildman–Crippen LogP) is 12.7. The van der Waals surface area contributed by atoms with E-state index in [2.05, 4.69) is 158 Å².